The van der Waals surface area contributed by atoms with Crippen molar-refractivity contribution in [1.29, 1.82) is 0 Å². The Balaban J connectivity index is 0.000000383. The zero-order valence-corrected chi connectivity index (χ0v) is 13.3. The van der Waals surface area contributed by atoms with E-state index >= 15 is 0 Å². The molecule has 0 N–H and O–H groups in total. The van der Waals surface area contributed by atoms with Gasteiger partial charge >= 0.3 is 0 Å². The maximum Gasteiger partial charge on any atom is 0.160 e. The monoisotopic (exact) mass is 306 g/mol. The van der Waals surface area contributed by atoms with Crippen molar-refractivity contribution in [2.45, 2.75) is 13.8 Å². The minimum Gasteiger partial charge on any atom is -0.294 e. The fourth-order valence-electron chi connectivity index (χ4n) is 1.93. The molecule has 0 radical (unpaired) electrons. The Kier molecular flexibility index (Phi) is 5.38. The summed E-state index contributed by atoms with van der Waals surface area (Å²) in [5, 5.41) is 1.70. The molecule has 2 rings (SSSR count). The molecule has 21 heavy (non-hydrogen) atoms. The highest BCUT2D eigenvalue weighted by atomic mass is 32.2. The minimum absolute atomic E-state index is 0.0145. The summed E-state index contributed by atoms with van der Waals surface area (Å²) in [6.45, 7) is 3.04. The molecule has 0 aliphatic rings. The van der Waals surface area contributed by atoms with E-state index in [9.17, 15) is 18.0 Å². The first-order valence-electron chi connectivity index (χ1n) is 6.30. The molecule has 0 spiro atoms. The van der Waals surface area contributed by atoms with Gasteiger partial charge < -0.3 is 0 Å². The summed E-state index contributed by atoms with van der Waals surface area (Å²) in [5.41, 5.74) is 1.23. The van der Waals surface area contributed by atoms with Crippen LogP contribution in [0.3, 0.4) is 0 Å². The molecule has 0 bridgehead atoms. The number of Topliss-reactive ketones (excluding diaryl/α,β-unsaturated/α-hetero) is 2. The third-order valence-electron chi connectivity index (χ3n) is 2.66. The quantitative estimate of drug-likeness (QED) is 0.800. The van der Waals surface area contributed by atoms with Crippen molar-refractivity contribution >= 4 is 32.2 Å². The van der Waals surface area contributed by atoms with E-state index in [2.05, 4.69) is 0 Å². The van der Waals surface area contributed by atoms with E-state index in [1.165, 1.54) is 13.8 Å². The van der Waals surface area contributed by atoms with Crippen molar-refractivity contribution in [2.75, 3.05) is 12.5 Å². The lowest BCUT2D eigenvalue weighted by Crippen LogP contribution is -2.00. The van der Waals surface area contributed by atoms with Crippen molar-refractivity contribution in [1.82, 2.24) is 0 Å². The number of hydrogen-bond acceptors (Lipinski definition) is 4. The second-order valence-electron chi connectivity index (χ2n) is 4.96. The van der Waals surface area contributed by atoms with Gasteiger partial charge in [-0.1, -0.05) is 36.4 Å². The van der Waals surface area contributed by atoms with E-state index in [0.717, 1.165) is 23.3 Å². The minimum atomic E-state index is -2.67. The molecule has 2 aromatic carbocycles. The Morgan fingerprint density at radius 2 is 1.14 bits per heavy atom. The van der Waals surface area contributed by atoms with Crippen LogP contribution in [-0.4, -0.2) is 32.5 Å². The molecule has 0 heterocycles. The summed E-state index contributed by atoms with van der Waals surface area (Å²) in [7, 11) is -2.67. The van der Waals surface area contributed by atoms with Crippen LogP contribution in [0.15, 0.2) is 36.4 Å². The van der Waals surface area contributed by atoms with Crippen molar-refractivity contribution in [3.05, 3.63) is 47.5 Å². The average molecular weight is 306 g/mol. The van der Waals surface area contributed by atoms with Crippen molar-refractivity contribution < 1.29 is 18.0 Å². The zero-order valence-electron chi connectivity index (χ0n) is 12.5. The molecular formula is C16H18O4S. The van der Waals surface area contributed by atoms with Gasteiger partial charge in [0.1, 0.15) is 9.84 Å². The predicted octanol–water partition coefficient (Wildman–Crippen LogP) is 2.91. The van der Waals surface area contributed by atoms with Gasteiger partial charge in [-0.25, -0.2) is 8.42 Å². The molecule has 0 atom stereocenters. The number of sulfone groups is 1. The van der Waals surface area contributed by atoms with Gasteiger partial charge in [-0.3, -0.25) is 9.59 Å². The Labute approximate surface area is 124 Å². The van der Waals surface area contributed by atoms with Crippen LogP contribution >= 0.6 is 0 Å². The fraction of sp³-hybridized carbons (Fsp3) is 0.250. The molecule has 0 unspecified atom stereocenters. The number of fused-ring (bicyclic) bond motifs is 1. The molecular weight excluding hydrogens is 288 g/mol. The van der Waals surface area contributed by atoms with Crippen LogP contribution in [0, 0.1) is 0 Å². The van der Waals surface area contributed by atoms with Crippen molar-refractivity contribution in [3.63, 3.8) is 0 Å². The number of rotatable bonds is 2. The van der Waals surface area contributed by atoms with Crippen LogP contribution in [-0.2, 0) is 9.84 Å². The summed E-state index contributed by atoms with van der Waals surface area (Å²) >= 11 is 0. The van der Waals surface area contributed by atoms with Gasteiger partial charge in [0.15, 0.2) is 11.6 Å². The molecule has 0 saturated heterocycles. The van der Waals surface area contributed by atoms with Crippen LogP contribution in [0.5, 0.6) is 0 Å². The highest BCUT2D eigenvalue weighted by Crippen LogP contribution is 2.23. The molecule has 112 valence electrons. The highest BCUT2D eigenvalue weighted by molar-refractivity contribution is 7.89. The maximum atomic E-state index is 11.5. The third-order valence-corrected chi connectivity index (χ3v) is 2.66. The van der Waals surface area contributed by atoms with Crippen LogP contribution < -0.4 is 0 Å². The van der Waals surface area contributed by atoms with Gasteiger partial charge in [-0.2, -0.15) is 0 Å². The van der Waals surface area contributed by atoms with Gasteiger partial charge in [0.05, 0.1) is 0 Å². The third kappa shape index (κ3) is 5.11. The predicted molar refractivity (Wildman–Crippen MR) is 84.7 cm³/mol. The van der Waals surface area contributed by atoms with E-state index in [0.29, 0.717) is 11.1 Å². The van der Waals surface area contributed by atoms with E-state index < -0.39 is 9.84 Å². The molecule has 0 aliphatic heterocycles. The summed E-state index contributed by atoms with van der Waals surface area (Å²) in [5.74, 6) is -0.0291. The first kappa shape index (κ1) is 17.0. The first-order chi connectivity index (χ1) is 9.61. The average Bonchev–Trinajstić information content (AvgIpc) is 2.35. The van der Waals surface area contributed by atoms with Gasteiger partial charge in [-0.15, -0.1) is 0 Å². The fourth-order valence-corrected chi connectivity index (χ4v) is 1.93. The van der Waals surface area contributed by atoms with Gasteiger partial charge in [0.25, 0.3) is 0 Å². The first-order valence-corrected chi connectivity index (χ1v) is 8.60. The van der Waals surface area contributed by atoms with Crippen molar-refractivity contribution in [3.8, 4) is 0 Å². The molecule has 0 aliphatic carbocycles. The molecule has 5 heteroatoms. The maximum absolute atomic E-state index is 11.5. The smallest absolute Gasteiger partial charge is 0.160 e. The largest absolute Gasteiger partial charge is 0.294 e. The topological polar surface area (TPSA) is 68.3 Å². The number of carbonyl (C=O) groups is 2. The standard InChI is InChI=1S/C14H12O2.C2H6O2S/c1-9(15)12-7-3-5-11-6-4-8-13(10(2)16)14(11)12;1-5(2,3)4/h3-8H,1-2H3;1-2H3. The molecule has 2 aromatic rings. The van der Waals surface area contributed by atoms with Gasteiger partial charge in [0.2, 0.25) is 0 Å². The van der Waals surface area contributed by atoms with Gasteiger partial charge in [-0.05, 0) is 19.2 Å². The lowest BCUT2D eigenvalue weighted by Gasteiger charge is -2.07. The van der Waals surface area contributed by atoms with E-state index in [-0.39, 0.29) is 11.6 Å². The normalized spacial score (nSPS) is 10.7. The number of hydrogen-bond donors (Lipinski definition) is 0. The van der Waals surface area contributed by atoms with Crippen LogP contribution in [0.25, 0.3) is 10.8 Å². The highest BCUT2D eigenvalue weighted by Gasteiger charge is 2.11. The summed E-state index contributed by atoms with van der Waals surface area (Å²) in [4.78, 5) is 23.0. The lowest BCUT2D eigenvalue weighted by atomic mass is 9.95. The van der Waals surface area contributed by atoms with E-state index in [4.69, 9.17) is 0 Å². The SMILES string of the molecule is CC(=O)c1cccc2cccc(C(C)=O)c12.CS(C)(=O)=O. The molecule has 0 aromatic heterocycles. The Bertz CT molecular complexity index is 732. The Morgan fingerprint density at radius 1 is 0.810 bits per heavy atom. The van der Waals surface area contributed by atoms with Crippen LogP contribution in [0.1, 0.15) is 34.6 Å². The van der Waals surface area contributed by atoms with Gasteiger partial charge in [0, 0.05) is 29.0 Å². The van der Waals surface area contributed by atoms with E-state index in [1.807, 2.05) is 24.3 Å². The summed E-state index contributed by atoms with van der Waals surface area (Å²) in [6.07, 6.45) is 2.32. The number of carbonyl (C=O) groups excluding carboxylic acids is 2. The van der Waals surface area contributed by atoms with Crippen LogP contribution in [0.4, 0.5) is 0 Å². The lowest BCUT2D eigenvalue weighted by molar-refractivity contribution is 0.101. The summed E-state index contributed by atoms with van der Waals surface area (Å²) < 4.78 is 19.3. The van der Waals surface area contributed by atoms with Crippen LogP contribution in [0.2, 0.25) is 0 Å². The molecule has 0 amide bonds. The van der Waals surface area contributed by atoms with Crippen molar-refractivity contribution in [2.24, 2.45) is 0 Å². The number of ketones is 2. The Hall–Kier alpha value is -2.01. The molecule has 0 saturated carbocycles. The Morgan fingerprint density at radius 3 is 1.43 bits per heavy atom. The van der Waals surface area contributed by atoms with E-state index in [1.54, 1.807) is 12.1 Å². The zero-order chi connectivity index (χ0) is 16.2. The molecule has 4 nitrogen and oxygen atoms in total. The second-order valence-corrected chi connectivity index (χ2v) is 7.25. The number of benzene rings is 2. The second kappa shape index (κ2) is 6.63. The molecule has 0 fully saturated rings. The summed E-state index contributed by atoms with van der Waals surface area (Å²) in [6, 6.07) is 11.0.